The van der Waals surface area contributed by atoms with E-state index in [1.165, 1.54) is 11.5 Å². The minimum Gasteiger partial charge on any atom is -0.381 e. The number of aliphatic hydroxyl groups is 1. The fourth-order valence-corrected chi connectivity index (χ4v) is 4.53. The maximum Gasteiger partial charge on any atom is 0.204 e. The lowest BCUT2D eigenvalue weighted by molar-refractivity contribution is 0.0356. The Morgan fingerprint density at radius 1 is 1.23 bits per heavy atom. The molecule has 2 aliphatic heterocycles. The summed E-state index contributed by atoms with van der Waals surface area (Å²) in [6.45, 7) is 3.86. The van der Waals surface area contributed by atoms with Gasteiger partial charge >= 0.3 is 0 Å². The van der Waals surface area contributed by atoms with E-state index in [1.54, 1.807) is 0 Å². The lowest BCUT2D eigenvalue weighted by Gasteiger charge is -2.33. The molecule has 140 valence electrons. The van der Waals surface area contributed by atoms with Gasteiger partial charge in [-0.15, -0.1) is 0 Å². The van der Waals surface area contributed by atoms with E-state index in [1.807, 2.05) is 30.3 Å². The highest BCUT2D eigenvalue weighted by Gasteiger charge is 2.33. The molecule has 0 saturated carbocycles. The van der Waals surface area contributed by atoms with Gasteiger partial charge in [-0.1, -0.05) is 30.3 Å². The predicted molar refractivity (Wildman–Crippen MR) is 103 cm³/mol. The molecular weight excluding hydrogens is 348 g/mol. The molecule has 2 aromatic rings. The summed E-state index contributed by atoms with van der Waals surface area (Å²) in [6.07, 6.45) is 3.79. The number of nitrogens with one attached hydrogen (secondary N) is 1. The second kappa shape index (κ2) is 8.43. The summed E-state index contributed by atoms with van der Waals surface area (Å²) in [7, 11) is 0. The number of nitrogens with zero attached hydrogens (tertiary/aromatic N) is 3. The quantitative estimate of drug-likeness (QED) is 0.758. The lowest BCUT2D eigenvalue weighted by atomic mass is 9.99. The lowest BCUT2D eigenvalue weighted by Crippen LogP contribution is -2.45. The van der Waals surface area contributed by atoms with Crippen molar-refractivity contribution in [1.29, 1.82) is 0 Å². The third-order valence-electron chi connectivity index (χ3n) is 5.34. The SMILES string of the molecule is OC(Nc1nc(-c2ccccc2)ns1)C1CCCN1CC1CCOCC1. The van der Waals surface area contributed by atoms with Crippen LogP contribution in [0.3, 0.4) is 0 Å². The molecule has 0 spiro atoms. The Hall–Kier alpha value is -1.54. The van der Waals surface area contributed by atoms with Crippen LogP contribution in [0.2, 0.25) is 0 Å². The number of hydrogen-bond acceptors (Lipinski definition) is 7. The van der Waals surface area contributed by atoms with Crippen LogP contribution < -0.4 is 5.32 Å². The van der Waals surface area contributed by atoms with Gasteiger partial charge in [0.15, 0.2) is 5.82 Å². The van der Waals surface area contributed by atoms with Crippen molar-refractivity contribution in [2.24, 2.45) is 5.92 Å². The fraction of sp³-hybridized carbons (Fsp3) is 0.579. The molecule has 1 aromatic carbocycles. The number of benzene rings is 1. The standard InChI is InChI=1S/C19H26N4O2S/c24-18(16-7-4-10-23(16)13-14-8-11-25-12-9-14)21-19-20-17(22-26-19)15-5-2-1-3-6-15/h1-3,5-6,14,16,18,24H,4,7-13H2,(H,20,21,22). The summed E-state index contributed by atoms with van der Waals surface area (Å²) in [5, 5.41) is 14.6. The Bertz CT molecular complexity index is 690. The van der Waals surface area contributed by atoms with Crippen molar-refractivity contribution in [3.8, 4) is 11.4 Å². The highest BCUT2D eigenvalue weighted by atomic mass is 32.1. The van der Waals surface area contributed by atoms with E-state index in [2.05, 4.69) is 19.6 Å². The molecule has 0 radical (unpaired) electrons. The van der Waals surface area contributed by atoms with Crippen LogP contribution in [0.4, 0.5) is 5.13 Å². The molecule has 0 aliphatic carbocycles. The van der Waals surface area contributed by atoms with Gasteiger partial charge in [0.2, 0.25) is 5.13 Å². The smallest absolute Gasteiger partial charge is 0.204 e. The van der Waals surface area contributed by atoms with E-state index in [-0.39, 0.29) is 6.04 Å². The van der Waals surface area contributed by atoms with Crippen LogP contribution in [0, 0.1) is 5.92 Å². The molecule has 2 saturated heterocycles. The van der Waals surface area contributed by atoms with Crippen molar-refractivity contribution < 1.29 is 9.84 Å². The largest absolute Gasteiger partial charge is 0.381 e. The monoisotopic (exact) mass is 374 g/mol. The number of aromatic nitrogens is 2. The van der Waals surface area contributed by atoms with Crippen molar-refractivity contribution in [1.82, 2.24) is 14.3 Å². The molecule has 2 atom stereocenters. The van der Waals surface area contributed by atoms with Crippen LogP contribution in [-0.4, -0.2) is 57.9 Å². The van der Waals surface area contributed by atoms with Gasteiger partial charge in [0.1, 0.15) is 6.23 Å². The van der Waals surface area contributed by atoms with E-state index in [9.17, 15) is 5.11 Å². The second-order valence-electron chi connectivity index (χ2n) is 7.14. The van der Waals surface area contributed by atoms with E-state index >= 15 is 0 Å². The predicted octanol–water partition coefficient (Wildman–Crippen LogP) is 2.83. The maximum absolute atomic E-state index is 10.7. The molecule has 6 nitrogen and oxygen atoms in total. The first-order valence-electron chi connectivity index (χ1n) is 9.45. The minimum absolute atomic E-state index is 0.141. The average Bonchev–Trinajstić information content (AvgIpc) is 3.33. The number of hydrogen-bond donors (Lipinski definition) is 2. The van der Waals surface area contributed by atoms with Gasteiger partial charge in [-0.2, -0.15) is 9.36 Å². The number of aliphatic hydroxyl groups excluding tert-OH is 1. The number of anilines is 1. The molecule has 4 rings (SSSR count). The van der Waals surface area contributed by atoms with Crippen molar-refractivity contribution in [2.45, 2.75) is 38.0 Å². The highest BCUT2D eigenvalue weighted by molar-refractivity contribution is 7.09. The molecule has 2 unspecified atom stereocenters. The summed E-state index contributed by atoms with van der Waals surface area (Å²) in [6, 6.07) is 10.1. The molecule has 2 aliphatic rings. The summed E-state index contributed by atoms with van der Waals surface area (Å²) in [5.74, 6) is 1.39. The number of ether oxygens (including phenoxy) is 1. The second-order valence-corrected chi connectivity index (χ2v) is 7.89. The van der Waals surface area contributed by atoms with Gasteiger partial charge in [-0.25, -0.2) is 0 Å². The third-order valence-corrected chi connectivity index (χ3v) is 5.99. The van der Waals surface area contributed by atoms with Gasteiger partial charge in [-0.05, 0) is 38.1 Å². The maximum atomic E-state index is 10.7. The fourth-order valence-electron chi connectivity index (χ4n) is 3.91. The first kappa shape index (κ1) is 17.9. The zero-order chi connectivity index (χ0) is 17.8. The van der Waals surface area contributed by atoms with Crippen molar-refractivity contribution in [2.75, 3.05) is 31.6 Å². The van der Waals surface area contributed by atoms with Crippen LogP contribution in [0.5, 0.6) is 0 Å². The van der Waals surface area contributed by atoms with Gasteiger partial charge in [0.05, 0.1) is 6.04 Å². The highest BCUT2D eigenvalue weighted by Crippen LogP contribution is 2.27. The topological polar surface area (TPSA) is 70.5 Å². The molecule has 3 heterocycles. The van der Waals surface area contributed by atoms with Crippen LogP contribution in [0.1, 0.15) is 25.7 Å². The van der Waals surface area contributed by atoms with Gasteiger partial charge in [0.25, 0.3) is 0 Å². The first-order chi connectivity index (χ1) is 12.8. The first-order valence-corrected chi connectivity index (χ1v) is 10.2. The molecular formula is C19H26N4O2S. The van der Waals surface area contributed by atoms with E-state index in [4.69, 9.17) is 4.74 Å². The van der Waals surface area contributed by atoms with Gasteiger partial charge in [0, 0.05) is 36.9 Å². The molecule has 0 amide bonds. The molecule has 26 heavy (non-hydrogen) atoms. The van der Waals surface area contributed by atoms with Crippen LogP contribution in [0.25, 0.3) is 11.4 Å². The van der Waals surface area contributed by atoms with Crippen molar-refractivity contribution >= 4 is 16.7 Å². The number of rotatable bonds is 6. The minimum atomic E-state index is -0.617. The third kappa shape index (κ3) is 4.23. The number of likely N-dealkylation sites (tertiary alicyclic amines) is 1. The van der Waals surface area contributed by atoms with Crippen molar-refractivity contribution in [3.05, 3.63) is 30.3 Å². The molecule has 0 bridgehead atoms. The Morgan fingerprint density at radius 2 is 2.04 bits per heavy atom. The summed E-state index contributed by atoms with van der Waals surface area (Å²) < 4.78 is 9.87. The summed E-state index contributed by atoms with van der Waals surface area (Å²) >= 11 is 1.30. The van der Waals surface area contributed by atoms with Crippen molar-refractivity contribution in [3.63, 3.8) is 0 Å². The van der Waals surface area contributed by atoms with Gasteiger partial charge in [-0.3, -0.25) is 4.90 Å². The summed E-state index contributed by atoms with van der Waals surface area (Å²) in [4.78, 5) is 6.97. The molecule has 7 heteroatoms. The van der Waals surface area contributed by atoms with E-state index in [0.717, 1.165) is 57.6 Å². The van der Waals surface area contributed by atoms with E-state index < -0.39 is 6.23 Å². The van der Waals surface area contributed by atoms with E-state index in [0.29, 0.717) is 16.9 Å². The summed E-state index contributed by atoms with van der Waals surface area (Å²) in [5.41, 5.74) is 0.994. The normalized spacial score (nSPS) is 23.2. The van der Waals surface area contributed by atoms with Gasteiger partial charge < -0.3 is 15.2 Å². The molecule has 1 aromatic heterocycles. The Balaban J connectivity index is 1.36. The average molecular weight is 375 g/mol. The Morgan fingerprint density at radius 3 is 2.85 bits per heavy atom. The zero-order valence-corrected chi connectivity index (χ0v) is 15.7. The van der Waals surface area contributed by atoms with Crippen LogP contribution in [0.15, 0.2) is 30.3 Å². The Labute approximate surface area is 158 Å². The zero-order valence-electron chi connectivity index (χ0n) is 14.9. The van der Waals surface area contributed by atoms with Crippen LogP contribution in [-0.2, 0) is 4.74 Å². The molecule has 2 fully saturated rings. The molecule has 2 N–H and O–H groups in total. The van der Waals surface area contributed by atoms with Crippen LogP contribution >= 0.6 is 11.5 Å². The Kier molecular flexibility index (Phi) is 5.79.